The van der Waals surface area contributed by atoms with E-state index in [9.17, 15) is 4.79 Å². The molecule has 0 unspecified atom stereocenters. The van der Waals surface area contributed by atoms with Crippen LogP contribution in [0.1, 0.15) is 18.9 Å². The van der Waals surface area contributed by atoms with Gasteiger partial charge in [0.05, 0.1) is 10.2 Å². The molecule has 1 aromatic carbocycles. The molecule has 1 aromatic heterocycles. The molecule has 3 nitrogen and oxygen atoms in total. The highest BCUT2D eigenvalue weighted by molar-refractivity contribution is 7.22. The van der Waals surface area contributed by atoms with Gasteiger partial charge in [-0.3, -0.25) is 4.79 Å². The number of thiazole rings is 1. The van der Waals surface area contributed by atoms with Crippen molar-refractivity contribution in [1.82, 2.24) is 4.98 Å². The van der Waals surface area contributed by atoms with Crippen molar-refractivity contribution in [2.45, 2.75) is 20.3 Å². The molecule has 0 aliphatic heterocycles. The Morgan fingerprint density at radius 3 is 3.00 bits per heavy atom. The minimum absolute atomic E-state index is 0.0252. The molecular formula is C11H11ClN2OS. The maximum atomic E-state index is 11.2. The van der Waals surface area contributed by atoms with Crippen molar-refractivity contribution in [1.29, 1.82) is 0 Å². The van der Waals surface area contributed by atoms with E-state index in [1.54, 1.807) is 0 Å². The smallest absolute Gasteiger partial charge is 0.225 e. The summed E-state index contributed by atoms with van der Waals surface area (Å²) < 4.78 is 1.04. The number of carbonyl (C=O) groups excluding carboxylic acids is 1. The van der Waals surface area contributed by atoms with Gasteiger partial charge in [-0.2, -0.15) is 0 Å². The maximum absolute atomic E-state index is 11.2. The van der Waals surface area contributed by atoms with Gasteiger partial charge >= 0.3 is 0 Å². The number of rotatable bonds is 2. The van der Waals surface area contributed by atoms with Gasteiger partial charge in [0, 0.05) is 11.4 Å². The molecule has 0 bridgehead atoms. The number of hydrogen-bond acceptors (Lipinski definition) is 3. The van der Waals surface area contributed by atoms with Crippen LogP contribution >= 0.6 is 22.9 Å². The topological polar surface area (TPSA) is 42.0 Å². The molecule has 84 valence electrons. The number of hydrogen-bond donors (Lipinski definition) is 1. The molecule has 0 saturated carbocycles. The van der Waals surface area contributed by atoms with Crippen LogP contribution in [0, 0.1) is 6.92 Å². The lowest BCUT2D eigenvalue weighted by Gasteiger charge is -1.96. The van der Waals surface area contributed by atoms with E-state index in [4.69, 9.17) is 11.6 Å². The van der Waals surface area contributed by atoms with Gasteiger partial charge in [-0.05, 0) is 24.6 Å². The Morgan fingerprint density at radius 2 is 2.31 bits per heavy atom. The third-order valence-corrected chi connectivity index (χ3v) is 3.66. The summed E-state index contributed by atoms with van der Waals surface area (Å²) in [4.78, 5) is 15.6. The van der Waals surface area contributed by atoms with Crippen LogP contribution in [0.15, 0.2) is 12.1 Å². The Hall–Kier alpha value is -1.13. The van der Waals surface area contributed by atoms with Crippen LogP contribution in [0.3, 0.4) is 0 Å². The standard InChI is InChI=1S/C11H11ClN2OS/c1-3-9(15)13-11-14-10-6(2)7(12)4-5-8(10)16-11/h4-5H,3H2,1-2H3,(H,13,14,15). The van der Waals surface area contributed by atoms with E-state index in [0.29, 0.717) is 16.6 Å². The number of anilines is 1. The van der Waals surface area contributed by atoms with Crippen LogP contribution in [0.25, 0.3) is 10.2 Å². The highest BCUT2D eigenvalue weighted by atomic mass is 35.5. The van der Waals surface area contributed by atoms with E-state index in [0.717, 1.165) is 15.8 Å². The molecule has 16 heavy (non-hydrogen) atoms. The highest BCUT2D eigenvalue weighted by Gasteiger charge is 2.09. The van der Waals surface area contributed by atoms with Crippen molar-refractivity contribution in [2.75, 3.05) is 5.32 Å². The summed E-state index contributed by atoms with van der Waals surface area (Å²) in [5.74, 6) is -0.0252. The van der Waals surface area contributed by atoms with Gasteiger partial charge in [0.1, 0.15) is 0 Å². The lowest BCUT2D eigenvalue weighted by molar-refractivity contribution is -0.115. The summed E-state index contributed by atoms with van der Waals surface area (Å²) in [5, 5.41) is 4.08. The van der Waals surface area contributed by atoms with E-state index in [2.05, 4.69) is 10.3 Å². The van der Waals surface area contributed by atoms with Crippen LogP contribution in [0.2, 0.25) is 5.02 Å². The van der Waals surface area contributed by atoms with E-state index < -0.39 is 0 Å². The van der Waals surface area contributed by atoms with E-state index in [1.807, 2.05) is 26.0 Å². The lowest BCUT2D eigenvalue weighted by Crippen LogP contribution is -2.08. The summed E-state index contributed by atoms with van der Waals surface area (Å²) in [5.41, 5.74) is 1.82. The minimum atomic E-state index is -0.0252. The average Bonchev–Trinajstić information content (AvgIpc) is 2.67. The zero-order valence-electron chi connectivity index (χ0n) is 9.00. The molecule has 0 saturated heterocycles. The average molecular weight is 255 g/mol. The predicted octanol–water partition coefficient (Wildman–Crippen LogP) is 3.61. The third kappa shape index (κ3) is 2.03. The quantitative estimate of drug-likeness (QED) is 0.890. The summed E-state index contributed by atoms with van der Waals surface area (Å²) in [6, 6.07) is 3.77. The van der Waals surface area contributed by atoms with Crippen LogP contribution in [-0.4, -0.2) is 10.9 Å². The number of aromatic nitrogens is 1. The molecule has 0 aliphatic rings. The van der Waals surface area contributed by atoms with Crippen LogP contribution in [0.4, 0.5) is 5.13 Å². The largest absolute Gasteiger partial charge is 0.302 e. The number of carbonyl (C=O) groups is 1. The monoisotopic (exact) mass is 254 g/mol. The van der Waals surface area contributed by atoms with E-state index >= 15 is 0 Å². The van der Waals surface area contributed by atoms with Crippen molar-refractivity contribution >= 4 is 44.2 Å². The molecule has 0 aliphatic carbocycles. The number of halogens is 1. The molecule has 1 heterocycles. The van der Waals surface area contributed by atoms with Gasteiger partial charge in [-0.15, -0.1) is 0 Å². The number of amides is 1. The second kappa shape index (κ2) is 4.39. The zero-order valence-corrected chi connectivity index (χ0v) is 10.6. The number of nitrogens with one attached hydrogen (secondary N) is 1. The summed E-state index contributed by atoms with van der Waals surface area (Å²) in [6.45, 7) is 3.74. The fourth-order valence-electron chi connectivity index (χ4n) is 1.36. The van der Waals surface area contributed by atoms with Crippen molar-refractivity contribution in [3.63, 3.8) is 0 Å². The first-order valence-electron chi connectivity index (χ1n) is 4.97. The van der Waals surface area contributed by atoms with Crippen LogP contribution in [0.5, 0.6) is 0 Å². The SMILES string of the molecule is CCC(=O)Nc1nc2c(C)c(Cl)ccc2s1. The van der Waals surface area contributed by atoms with Crippen molar-refractivity contribution in [2.24, 2.45) is 0 Å². The number of nitrogens with zero attached hydrogens (tertiary/aromatic N) is 1. The third-order valence-electron chi connectivity index (χ3n) is 2.32. The number of benzene rings is 1. The second-order valence-electron chi connectivity index (χ2n) is 3.44. The van der Waals surface area contributed by atoms with Crippen molar-refractivity contribution in [3.8, 4) is 0 Å². The van der Waals surface area contributed by atoms with Crippen LogP contribution in [-0.2, 0) is 4.79 Å². The fraction of sp³-hybridized carbons (Fsp3) is 0.273. The molecule has 2 rings (SSSR count). The fourth-order valence-corrected chi connectivity index (χ4v) is 2.46. The van der Waals surface area contributed by atoms with Gasteiger partial charge in [0.25, 0.3) is 0 Å². The van der Waals surface area contributed by atoms with Gasteiger partial charge in [0.15, 0.2) is 5.13 Å². The molecule has 1 amide bonds. The molecule has 0 atom stereocenters. The molecular weight excluding hydrogens is 244 g/mol. The molecule has 0 fully saturated rings. The van der Waals surface area contributed by atoms with E-state index in [-0.39, 0.29) is 5.91 Å². The molecule has 0 spiro atoms. The van der Waals surface area contributed by atoms with Crippen LogP contribution < -0.4 is 5.32 Å². The zero-order chi connectivity index (χ0) is 11.7. The molecule has 5 heteroatoms. The van der Waals surface area contributed by atoms with Gasteiger partial charge < -0.3 is 5.32 Å². The Bertz CT molecular complexity index is 550. The Morgan fingerprint density at radius 1 is 1.56 bits per heavy atom. The van der Waals surface area contributed by atoms with Gasteiger partial charge in [-0.25, -0.2) is 4.98 Å². The minimum Gasteiger partial charge on any atom is -0.302 e. The van der Waals surface area contributed by atoms with Crippen molar-refractivity contribution < 1.29 is 4.79 Å². The second-order valence-corrected chi connectivity index (χ2v) is 4.88. The Balaban J connectivity index is 2.44. The van der Waals surface area contributed by atoms with E-state index in [1.165, 1.54) is 11.3 Å². The van der Waals surface area contributed by atoms with Crippen molar-refractivity contribution in [3.05, 3.63) is 22.7 Å². The Kier molecular flexibility index (Phi) is 3.12. The first-order chi connectivity index (χ1) is 7.61. The first kappa shape index (κ1) is 11.4. The van der Waals surface area contributed by atoms with Gasteiger partial charge in [0.2, 0.25) is 5.91 Å². The van der Waals surface area contributed by atoms with Gasteiger partial charge in [-0.1, -0.05) is 29.9 Å². The molecule has 0 radical (unpaired) electrons. The normalized spacial score (nSPS) is 10.7. The molecule has 2 aromatic rings. The predicted molar refractivity (Wildman–Crippen MR) is 68.3 cm³/mol. The highest BCUT2D eigenvalue weighted by Crippen LogP contribution is 2.31. The summed E-state index contributed by atoms with van der Waals surface area (Å²) >= 11 is 7.47. The lowest BCUT2D eigenvalue weighted by atomic mass is 10.2. The summed E-state index contributed by atoms with van der Waals surface area (Å²) in [6.07, 6.45) is 0.454. The number of fused-ring (bicyclic) bond motifs is 1. The Labute approximate surface area is 102 Å². The number of aryl methyl sites for hydroxylation is 1. The molecule has 1 N–H and O–H groups in total. The first-order valence-corrected chi connectivity index (χ1v) is 6.16. The maximum Gasteiger partial charge on any atom is 0.225 e. The summed E-state index contributed by atoms with van der Waals surface area (Å²) in [7, 11) is 0.